The average molecular weight is 332 g/mol. The van der Waals surface area contributed by atoms with Crippen LogP contribution in [0.15, 0.2) is 48.5 Å². The molecule has 1 unspecified atom stereocenters. The van der Waals surface area contributed by atoms with Gasteiger partial charge in [-0.05, 0) is 60.7 Å². The molecule has 1 atom stereocenters. The highest BCUT2D eigenvalue weighted by Crippen LogP contribution is 2.42. The van der Waals surface area contributed by atoms with Crippen molar-refractivity contribution in [2.75, 3.05) is 19.6 Å². The molecule has 3 nitrogen and oxygen atoms in total. The van der Waals surface area contributed by atoms with Crippen molar-refractivity contribution in [3.63, 3.8) is 0 Å². The van der Waals surface area contributed by atoms with E-state index in [-0.39, 0.29) is 18.2 Å². The SMILES string of the molecule is Cl.Oc1ccc(-c2ccc(C3(O)CN4CCC3CC4)cc2)cc1. The average Bonchev–Trinajstić information content (AvgIpc) is 2.57. The second kappa shape index (κ2) is 6.16. The van der Waals surface area contributed by atoms with Gasteiger partial charge in [-0.25, -0.2) is 0 Å². The molecule has 3 aliphatic rings. The molecular formula is C19H22ClNO2. The maximum atomic E-state index is 11.2. The van der Waals surface area contributed by atoms with Gasteiger partial charge in [0.25, 0.3) is 0 Å². The van der Waals surface area contributed by atoms with Crippen molar-refractivity contribution < 1.29 is 10.2 Å². The normalized spacial score (nSPS) is 29.1. The molecule has 0 saturated carbocycles. The lowest BCUT2D eigenvalue weighted by Crippen LogP contribution is -2.57. The molecule has 2 N–H and O–H groups in total. The number of phenolic OH excluding ortho intramolecular Hbond substituents is 1. The molecule has 0 aliphatic carbocycles. The number of aromatic hydroxyl groups is 1. The summed E-state index contributed by atoms with van der Waals surface area (Å²) in [7, 11) is 0. The number of piperidine rings is 3. The van der Waals surface area contributed by atoms with Gasteiger partial charge in [0.15, 0.2) is 0 Å². The van der Waals surface area contributed by atoms with E-state index in [2.05, 4.69) is 29.2 Å². The van der Waals surface area contributed by atoms with E-state index in [1.807, 2.05) is 12.1 Å². The van der Waals surface area contributed by atoms with Crippen molar-refractivity contribution in [3.8, 4) is 16.9 Å². The van der Waals surface area contributed by atoms with Crippen LogP contribution in [0.25, 0.3) is 11.1 Å². The summed E-state index contributed by atoms with van der Waals surface area (Å²) >= 11 is 0. The number of rotatable bonds is 2. The van der Waals surface area contributed by atoms with Crippen molar-refractivity contribution >= 4 is 12.4 Å². The molecule has 0 aromatic heterocycles. The Balaban J connectivity index is 0.00000156. The standard InChI is InChI=1S/C19H21NO2.ClH/c21-18-7-3-15(4-8-18)14-1-5-16(6-2-14)19(22)13-20-11-9-17(19)10-12-20;/h1-8,17,21-22H,9-13H2;1H. The fourth-order valence-corrected chi connectivity index (χ4v) is 3.97. The molecule has 2 bridgehead atoms. The van der Waals surface area contributed by atoms with Gasteiger partial charge in [0.2, 0.25) is 0 Å². The maximum Gasteiger partial charge on any atom is 0.115 e. The van der Waals surface area contributed by atoms with E-state index < -0.39 is 5.60 Å². The number of benzene rings is 2. The summed E-state index contributed by atoms with van der Waals surface area (Å²) in [5, 5.41) is 20.5. The van der Waals surface area contributed by atoms with Gasteiger partial charge < -0.3 is 15.1 Å². The molecule has 2 aromatic carbocycles. The molecule has 4 heteroatoms. The van der Waals surface area contributed by atoms with Gasteiger partial charge in [0, 0.05) is 6.54 Å². The number of fused-ring (bicyclic) bond motifs is 3. The maximum absolute atomic E-state index is 11.2. The van der Waals surface area contributed by atoms with Crippen LogP contribution in [0.1, 0.15) is 18.4 Å². The Labute approximate surface area is 143 Å². The molecule has 3 fully saturated rings. The van der Waals surface area contributed by atoms with Crippen LogP contribution < -0.4 is 0 Å². The number of hydrogen-bond donors (Lipinski definition) is 2. The fraction of sp³-hybridized carbons (Fsp3) is 0.368. The summed E-state index contributed by atoms with van der Waals surface area (Å²) in [5.41, 5.74) is 2.52. The van der Waals surface area contributed by atoms with Crippen LogP contribution in [0, 0.1) is 5.92 Å². The van der Waals surface area contributed by atoms with Crippen LogP contribution in [-0.4, -0.2) is 34.7 Å². The number of aliphatic hydroxyl groups is 1. The Morgan fingerprint density at radius 1 is 0.870 bits per heavy atom. The van der Waals surface area contributed by atoms with E-state index in [4.69, 9.17) is 0 Å². The molecular weight excluding hydrogens is 310 g/mol. The number of nitrogens with zero attached hydrogens (tertiary/aromatic N) is 1. The number of hydrogen-bond acceptors (Lipinski definition) is 3. The quantitative estimate of drug-likeness (QED) is 0.886. The molecule has 0 spiro atoms. The van der Waals surface area contributed by atoms with E-state index in [1.54, 1.807) is 12.1 Å². The van der Waals surface area contributed by atoms with E-state index in [0.29, 0.717) is 5.92 Å². The zero-order chi connectivity index (χ0) is 15.2. The Morgan fingerprint density at radius 2 is 1.39 bits per heavy atom. The van der Waals surface area contributed by atoms with Crippen LogP contribution in [0.2, 0.25) is 0 Å². The Hall–Kier alpha value is -1.55. The van der Waals surface area contributed by atoms with E-state index in [1.165, 1.54) is 0 Å². The molecule has 3 aliphatic heterocycles. The molecule has 0 amide bonds. The van der Waals surface area contributed by atoms with Gasteiger partial charge in [0.05, 0.1) is 0 Å². The van der Waals surface area contributed by atoms with E-state index in [0.717, 1.165) is 49.2 Å². The van der Waals surface area contributed by atoms with Gasteiger partial charge >= 0.3 is 0 Å². The lowest BCUT2D eigenvalue weighted by Gasteiger charge is -2.50. The highest BCUT2D eigenvalue weighted by atomic mass is 35.5. The highest BCUT2D eigenvalue weighted by Gasteiger charge is 2.46. The van der Waals surface area contributed by atoms with Crippen LogP contribution in [0.5, 0.6) is 5.75 Å². The van der Waals surface area contributed by atoms with Crippen LogP contribution in [0.3, 0.4) is 0 Å². The molecule has 2 aromatic rings. The Morgan fingerprint density at radius 3 is 1.87 bits per heavy atom. The zero-order valence-corrected chi connectivity index (χ0v) is 13.8. The number of phenols is 1. The summed E-state index contributed by atoms with van der Waals surface area (Å²) in [6.07, 6.45) is 2.19. The minimum Gasteiger partial charge on any atom is -0.508 e. The molecule has 23 heavy (non-hydrogen) atoms. The lowest BCUT2D eigenvalue weighted by atomic mass is 9.71. The van der Waals surface area contributed by atoms with Crippen molar-refractivity contribution in [1.82, 2.24) is 4.90 Å². The molecule has 3 saturated heterocycles. The predicted molar refractivity (Wildman–Crippen MR) is 93.9 cm³/mol. The van der Waals surface area contributed by atoms with Gasteiger partial charge in [-0.15, -0.1) is 12.4 Å². The van der Waals surface area contributed by atoms with Crippen LogP contribution in [-0.2, 0) is 5.60 Å². The van der Waals surface area contributed by atoms with E-state index >= 15 is 0 Å². The van der Waals surface area contributed by atoms with Crippen molar-refractivity contribution in [2.45, 2.75) is 18.4 Å². The summed E-state index contributed by atoms with van der Waals surface area (Å²) in [4.78, 5) is 2.37. The summed E-state index contributed by atoms with van der Waals surface area (Å²) in [5.74, 6) is 0.666. The summed E-state index contributed by atoms with van der Waals surface area (Å²) in [6, 6.07) is 15.5. The van der Waals surface area contributed by atoms with E-state index in [9.17, 15) is 10.2 Å². The minimum absolute atomic E-state index is 0. The fourth-order valence-electron chi connectivity index (χ4n) is 3.97. The largest absolute Gasteiger partial charge is 0.508 e. The molecule has 5 rings (SSSR count). The third-order valence-electron chi connectivity index (χ3n) is 5.31. The van der Waals surface area contributed by atoms with Crippen molar-refractivity contribution in [1.29, 1.82) is 0 Å². The molecule has 122 valence electrons. The minimum atomic E-state index is -0.690. The van der Waals surface area contributed by atoms with Gasteiger partial charge in [-0.1, -0.05) is 36.4 Å². The number of halogens is 1. The highest BCUT2D eigenvalue weighted by molar-refractivity contribution is 5.85. The third-order valence-corrected chi connectivity index (χ3v) is 5.31. The molecule has 3 heterocycles. The first-order chi connectivity index (χ1) is 10.6. The first kappa shape index (κ1) is 16.3. The third kappa shape index (κ3) is 2.85. The first-order valence-electron chi connectivity index (χ1n) is 8.00. The molecule has 0 radical (unpaired) electrons. The van der Waals surface area contributed by atoms with Crippen LogP contribution >= 0.6 is 12.4 Å². The Kier molecular flexibility index (Phi) is 4.37. The zero-order valence-electron chi connectivity index (χ0n) is 13.0. The van der Waals surface area contributed by atoms with Gasteiger partial charge in [-0.3, -0.25) is 0 Å². The Bertz CT molecular complexity index is 663. The summed E-state index contributed by atoms with van der Waals surface area (Å²) < 4.78 is 0. The second-order valence-electron chi connectivity index (χ2n) is 6.60. The smallest absolute Gasteiger partial charge is 0.115 e. The second-order valence-corrected chi connectivity index (χ2v) is 6.60. The van der Waals surface area contributed by atoms with Crippen LogP contribution in [0.4, 0.5) is 0 Å². The monoisotopic (exact) mass is 331 g/mol. The first-order valence-corrected chi connectivity index (χ1v) is 8.00. The predicted octanol–water partition coefficient (Wildman–Crippen LogP) is 3.39. The lowest BCUT2D eigenvalue weighted by molar-refractivity contribution is -0.117. The summed E-state index contributed by atoms with van der Waals surface area (Å²) in [6.45, 7) is 3.01. The van der Waals surface area contributed by atoms with Gasteiger partial charge in [-0.2, -0.15) is 0 Å². The van der Waals surface area contributed by atoms with Gasteiger partial charge in [0.1, 0.15) is 11.4 Å². The van der Waals surface area contributed by atoms with Crippen molar-refractivity contribution in [3.05, 3.63) is 54.1 Å². The van der Waals surface area contributed by atoms with Crippen molar-refractivity contribution in [2.24, 2.45) is 5.92 Å². The topological polar surface area (TPSA) is 43.7 Å².